The molecule has 3 heterocycles. The van der Waals surface area contributed by atoms with Gasteiger partial charge in [-0.3, -0.25) is 10.1 Å². The Morgan fingerprint density at radius 2 is 2.27 bits per heavy atom. The number of aliphatic imine (C=N–C) groups is 1. The van der Waals surface area contributed by atoms with E-state index in [2.05, 4.69) is 26.2 Å². The first-order chi connectivity index (χ1) is 7.34. The summed E-state index contributed by atoms with van der Waals surface area (Å²) < 4.78 is 0. The molecule has 0 aromatic carbocycles. The molecular weight excluding hydrogens is 188 g/mol. The molecule has 0 atom stereocenters. The normalized spacial score (nSPS) is 14.9. The van der Waals surface area contributed by atoms with Crippen molar-refractivity contribution >= 4 is 22.8 Å². The minimum Gasteiger partial charge on any atom is -0.288 e. The number of allylic oxidation sites excluding steroid dienone is 1. The van der Waals surface area contributed by atoms with Crippen LogP contribution >= 0.6 is 0 Å². The molecule has 0 bridgehead atoms. The van der Waals surface area contributed by atoms with Crippen LogP contribution in [0.5, 0.6) is 0 Å². The summed E-state index contributed by atoms with van der Waals surface area (Å²) in [5.41, 5.74) is 4.85. The molecule has 0 fully saturated rings. The minimum atomic E-state index is 0.746. The SMILES string of the molecule is Cc1ccc2[nH]nc(C3=CCN=C3)c2n1. The van der Waals surface area contributed by atoms with E-state index in [9.17, 15) is 0 Å². The Morgan fingerprint density at radius 1 is 1.33 bits per heavy atom. The van der Waals surface area contributed by atoms with Gasteiger partial charge in [-0.25, -0.2) is 4.98 Å². The highest BCUT2D eigenvalue weighted by Gasteiger charge is 2.12. The number of pyridine rings is 1. The second-order valence-corrected chi connectivity index (χ2v) is 3.57. The Kier molecular flexibility index (Phi) is 1.68. The molecule has 0 radical (unpaired) electrons. The Labute approximate surface area is 86.8 Å². The predicted octanol–water partition coefficient (Wildman–Crippen LogP) is 1.73. The van der Waals surface area contributed by atoms with E-state index in [1.165, 1.54) is 0 Å². The highest BCUT2D eigenvalue weighted by Crippen LogP contribution is 2.21. The molecule has 74 valence electrons. The number of H-pyrrole nitrogens is 1. The Bertz CT molecular complexity index is 577. The van der Waals surface area contributed by atoms with Crippen molar-refractivity contribution in [1.29, 1.82) is 0 Å². The fourth-order valence-corrected chi connectivity index (χ4v) is 1.71. The van der Waals surface area contributed by atoms with Crippen molar-refractivity contribution in [1.82, 2.24) is 15.2 Å². The van der Waals surface area contributed by atoms with Crippen molar-refractivity contribution in [3.63, 3.8) is 0 Å². The van der Waals surface area contributed by atoms with Crippen LogP contribution in [0.4, 0.5) is 0 Å². The van der Waals surface area contributed by atoms with Gasteiger partial charge < -0.3 is 0 Å². The van der Waals surface area contributed by atoms with Gasteiger partial charge in [-0.1, -0.05) is 6.08 Å². The van der Waals surface area contributed by atoms with Crippen LogP contribution < -0.4 is 0 Å². The monoisotopic (exact) mass is 198 g/mol. The van der Waals surface area contributed by atoms with Crippen molar-refractivity contribution in [2.24, 2.45) is 4.99 Å². The molecule has 15 heavy (non-hydrogen) atoms. The summed E-state index contributed by atoms with van der Waals surface area (Å²) in [5, 5.41) is 7.25. The first-order valence-electron chi connectivity index (χ1n) is 4.87. The van der Waals surface area contributed by atoms with Crippen molar-refractivity contribution in [3.05, 3.63) is 29.6 Å². The number of aryl methyl sites for hydroxylation is 1. The number of rotatable bonds is 1. The fourth-order valence-electron chi connectivity index (χ4n) is 1.71. The summed E-state index contributed by atoms with van der Waals surface area (Å²) in [6.45, 7) is 2.73. The van der Waals surface area contributed by atoms with Gasteiger partial charge in [0, 0.05) is 17.5 Å². The second kappa shape index (κ2) is 3.02. The second-order valence-electron chi connectivity index (χ2n) is 3.57. The minimum absolute atomic E-state index is 0.746. The molecule has 2 aromatic heterocycles. The van der Waals surface area contributed by atoms with E-state index in [0.717, 1.165) is 34.5 Å². The number of aromatic nitrogens is 3. The molecule has 4 nitrogen and oxygen atoms in total. The number of aromatic amines is 1. The Morgan fingerprint density at radius 3 is 3.07 bits per heavy atom. The largest absolute Gasteiger partial charge is 0.288 e. The average Bonchev–Trinajstić information content (AvgIpc) is 2.83. The molecular formula is C11H10N4. The van der Waals surface area contributed by atoms with Crippen LogP contribution in [0.15, 0.2) is 23.2 Å². The van der Waals surface area contributed by atoms with Gasteiger partial charge in [0.25, 0.3) is 0 Å². The number of hydrogen-bond donors (Lipinski definition) is 1. The van der Waals surface area contributed by atoms with Gasteiger partial charge in [0.15, 0.2) is 0 Å². The highest BCUT2D eigenvalue weighted by molar-refractivity contribution is 6.14. The van der Waals surface area contributed by atoms with Crippen LogP contribution in [0.25, 0.3) is 16.6 Å². The molecule has 0 amide bonds. The first-order valence-corrected chi connectivity index (χ1v) is 4.87. The maximum Gasteiger partial charge on any atom is 0.120 e. The molecule has 0 saturated carbocycles. The summed E-state index contributed by atoms with van der Waals surface area (Å²) in [4.78, 5) is 8.63. The lowest BCUT2D eigenvalue weighted by Gasteiger charge is -1.95. The predicted molar refractivity (Wildman–Crippen MR) is 60.0 cm³/mol. The molecule has 0 saturated heterocycles. The molecule has 1 N–H and O–H groups in total. The van der Waals surface area contributed by atoms with Gasteiger partial charge in [-0.2, -0.15) is 5.10 Å². The third-order valence-electron chi connectivity index (χ3n) is 2.47. The quantitative estimate of drug-likeness (QED) is 0.758. The van der Waals surface area contributed by atoms with Gasteiger partial charge in [-0.15, -0.1) is 0 Å². The summed E-state index contributed by atoms with van der Waals surface area (Å²) in [6.07, 6.45) is 3.90. The third kappa shape index (κ3) is 1.26. The number of nitrogens with zero attached hydrogens (tertiary/aromatic N) is 3. The third-order valence-corrected chi connectivity index (χ3v) is 2.47. The summed E-state index contributed by atoms with van der Waals surface area (Å²) in [5.74, 6) is 0. The van der Waals surface area contributed by atoms with E-state index >= 15 is 0 Å². The molecule has 4 heteroatoms. The zero-order valence-electron chi connectivity index (χ0n) is 8.36. The number of hydrogen-bond acceptors (Lipinski definition) is 3. The van der Waals surface area contributed by atoms with Gasteiger partial charge in [0.1, 0.15) is 11.2 Å². The standard InChI is InChI=1S/C11H10N4/c1-7-2-3-9-11(13-7)10(15-14-9)8-4-5-12-6-8/h2-4,6H,5H2,1H3,(H,14,15). The summed E-state index contributed by atoms with van der Waals surface area (Å²) in [7, 11) is 0. The lowest BCUT2D eigenvalue weighted by molar-refractivity contribution is 1.10. The molecule has 0 spiro atoms. The van der Waals surface area contributed by atoms with Crippen LogP contribution in [0.2, 0.25) is 0 Å². The van der Waals surface area contributed by atoms with Gasteiger partial charge in [-0.05, 0) is 19.1 Å². The van der Waals surface area contributed by atoms with E-state index in [1.807, 2.05) is 25.3 Å². The summed E-state index contributed by atoms with van der Waals surface area (Å²) in [6, 6.07) is 3.97. The Balaban J connectivity index is 2.27. The maximum atomic E-state index is 4.48. The fraction of sp³-hybridized carbons (Fsp3) is 0.182. The van der Waals surface area contributed by atoms with Crippen molar-refractivity contribution in [2.75, 3.05) is 6.54 Å². The van der Waals surface area contributed by atoms with Crippen LogP contribution in [0.1, 0.15) is 11.4 Å². The average molecular weight is 198 g/mol. The van der Waals surface area contributed by atoms with Crippen molar-refractivity contribution in [2.45, 2.75) is 6.92 Å². The van der Waals surface area contributed by atoms with Crippen molar-refractivity contribution < 1.29 is 0 Å². The summed E-state index contributed by atoms with van der Waals surface area (Å²) >= 11 is 0. The molecule has 1 aliphatic heterocycles. The lowest BCUT2D eigenvalue weighted by atomic mass is 10.2. The van der Waals surface area contributed by atoms with Crippen LogP contribution in [0.3, 0.4) is 0 Å². The number of fused-ring (bicyclic) bond motifs is 1. The van der Waals surface area contributed by atoms with E-state index in [1.54, 1.807) is 0 Å². The first kappa shape index (κ1) is 8.35. The van der Waals surface area contributed by atoms with E-state index in [4.69, 9.17) is 0 Å². The van der Waals surface area contributed by atoms with Crippen LogP contribution in [0, 0.1) is 6.92 Å². The zero-order valence-corrected chi connectivity index (χ0v) is 8.36. The van der Waals surface area contributed by atoms with Gasteiger partial charge >= 0.3 is 0 Å². The van der Waals surface area contributed by atoms with Crippen LogP contribution in [-0.2, 0) is 0 Å². The van der Waals surface area contributed by atoms with E-state index in [-0.39, 0.29) is 0 Å². The maximum absolute atomic E-state index is 4.48. The molecule has 3 rings (SSSR count). The van der Waals surface area contributed by atoms with Gasteiger partial charge in [0.05, 0.1) is 12.1 Å². The zero-order chi connectivity index (χ0) is 10.3. The van der Waals surface area contributed by atoms with Crippen molar-refractivity contribution in [3.8, 4) is 0 Å². The molecule has 0 aliphatic carbocycles. The molecule has 0 unspecified atom stereocenters. The van der Waals surface area contributed by atoms with Crippen LogP contribution in [-0.4, -0.2) is 27.9 Å². The number of nitrogens with one attached hydrogen (secondary N) is 1. The van der Waals surface area contributed by atoms with E-state index < -0.39 is 0 Å². The highest BCUT2D eigenvalue weighted by atomic mass is 15.1. The Hall–Kier alpha value is -1.97. The smallest absolute Gasteiger partial charge is 0.120 e. The molecule has 2 aromatic rings. The lowest BCUT2D eigenvalue weighted by Crippen LogP contribution is -1.87. The van der Waals surface area contributed by atoms with Gasteiger partial charge in [0.2, 0.25) is 0 Å². The van der Waals surface area contributed by atoms with E-state index in [0.29, 0.717) is 0 Å². The molecule has 1 aliphatic rings. The topological polar surface area (TPSA) is 53.9 Å².